The van der Waals surface area contributed by atoms with Crippen LogP contribution in [0.2, 0.25) is 0 Å². The van der Waals surface area contributed by atoms with E-state index in [0.717, 1.165) is 12.0 Å². The molecule has 0 heterocycles. The second-order valence-electron chi connectivity index (χ2n) is 4.54. The van der Waals surface area contributed by atoms with Crippen molar-refractivity contribution in [3.8, 4) is 0 Å². The molecule has 1 nitrogen and oxygen atoms in total. The standard InChI is InChI=1S/C10H21N/c1-5-6-11-8(2)9-7-10(9,3)4/h8-9,11H,5-7H2,1-4H3. The van der Waals surface area contributed by atoms with E-state index in [1.807, 2.05) is 0 Å². The third kappa shape index (κ3) is 2.19. The normalized spacial score (nSPS) is 30.0. The SMILES string of the molecule is CCCNC(C)C1CC1(C)C. The molecule has 66 valence electrons. The van der Waals surface area contributed by atoms with Gasteiger partial charge in [-0.25, -0.2) is 0 Å². The highest BCUT2D eigenvalue weighted by Crippen LogP contribution is 2.53. The Morgan fingerprint density at radius 3 is 2.45 bits per heavy atom. The summed E-state index contributed by atoms with van der Waals surface area (Å²) in [5, 5.41) is 3.55. The van der Waals surface area contributed by atoms with Crippen LogP contribution in [0.3, 0.4) is 0 Å². The first kappa shape index (κ1) is 9.05. The Hall–Kier alpha value is -0.0400. The van der Waals surface area contributed by atoms with Gasteiger partial charge in [-0.2, -0.15) is 0 Å². The first-order chi connectivity index (χ1) is 5.08. The van der Waals surface area contributed by atoms with E-state index < -0.39 is 0 Å². The summed E-state index contributed by atoms with van der Waals surface area (Å²) in [7, 11) is 0. The van der Waals surface area contributed by atoms with Crippen molar-refractivity contribution in [3.63, 3.8) is 0 Å². The van der Waals surface area contributed by atoms with Crippen LogP contribution in [0.15, 0.2) is 0 Å². The summed E-state index contributed by atoms with van der Waals surface area (Å²) in [4.78, 5) is 0. The zero-order valence-corrected chi connectivity index (χ0v) is 8.28. The third-order valence-corrected chi connectivity index (χ3v) is 2.91. The van der Waals surface area contributed by atoms with Crippen molar-refractivity contribution in [1.29, 1.82) is 0 Å². The van der Waals surface area contributed by atoms with Gasteiger partial charge in [-0.05, 0) is 37.6 Å². The molecule has 0 aromatic rings. The Morgan fingerprint density at radius 1 is 1.55 bits per heavy atom. The number of hydrogen-bond acceptors (Lipinski definition) is 1. The molecule has 1 aliphatic rings. The highest BCUT2D eigenvalue weighted by atomic mass is 14.9. The minimum Gasteiger partial charge on any atom is -0.314 e. The second-order valence-corrected chi connectivity index (χ2v) is 4.54. The molecule has 0 aliphatic heterocycles. The van der Waals surface area contributed by atoms with E-state index in [1.165, 1.54) is 19.4 Å². The molecule has 0 aromatic heterocycles. The summed E-state index contributed by atoms with van der Waals surface area (Å²) >= 11 is 0. The van der Waals surface area contributed by atoms with Crippen LogP contribution in [-0.2, 0) is 0 Å². The van der Waals surface area contributed by atoms with Crippen molar-refractivity contribution < 1.29 is 0 Å². The van der Waals surface area contributed by atoms with Crippen molar-refractivity contribution in [2.75, 3.05) is 6.54 Å². The molecule has 1 heteroatoms. The molecule has 0 bridgehead atoms. The predicted molar refractivity (Wildman–Crippen MR) is 49.6 cm³/mol. The first-order valence-electron chi connectivity index (χ1n) is 4.81. The van der Waals surface area contributed by atoms with Gasteiger partial charge in [0.25, 0.3) is 0 Å². The van der Waals surface area contributed by atoms with Crippen LogP contribution in [0.25, 0.3) is 0 Å². The van der Waals surface area contributed by atoms with Crippen molar-refractivity contribution in [2.45, 2.75) is 46.6 Å². The summed E-state index contributed by atoms with van der Waals surface area (Å²) < 4.78 is 0. The van der Waals surface area contributed by atoms with Gasteiger partial charge in [0.05, 0.1) is 0 Å². The van der Waals surface area contributed by atoms with Crippen LogP contribution in [0.5, 0.6) is 0 Å². The van der Waals surface area contributed by atoms with Crippen LogP contribution >= 0.6 is 0 Å². The monoisotopic (exact) mass is 155 g/mol. The molecule has 1 saturated carbocycles. The third-order valence-electron chi connectivity index (χ3n) is 2.91. The highest BCUT2D eigenvalue weighted by molar-refractivity contribution is 5.00. The Bertz CT molecular complexity index is 129. The summed E-state index contributed by atoms with van der Waals surface area (Å²) in [6, 6.07) is 0.727. The lowest BCUT2D eigenvalue weighted by Crippen LogP contribution is -2.30. The van der Waals surface area contributed by atoms with Crippen molar-refractivity contribution in [1.82, 2.24) is 5.32 Å². The lowest BCUT2D eigenvalue weighted by molar-refractivity contribution is 0.429. The lowest BCUT2D eigenvalue weighted by Gasteiger charge is -2.14. The van der Waals surface area contributed by atoms with Gasteiger partial charge in [0.1, 0.15) is 0 Å². The molecule has 0 radical (unpaired) electrons. The van der Waals surface area contributed by atoms with E-state index in [9.17, 15) is 0 Å². The van der Waals surface area contributed by atoms with Gasteiger partial charge in [0.2, 0.25) is 0 Å². The van der Waals surface area contributed by atoms with E-state index >= 15 is 0 Å². The minimum absolute atomic E-state index is 0.625. The molecule has 0 aromatic carbocycles. The van der Waals surface area contributed by atoms with Crippen LogP contribution in [0, 0.1) is 11.3 Å². The van der Waals surface area contributed by atoms with Crippen LogP contribution < -0.4 is 5.32 Å². The van der Waals surface area contributed by atoms with Gasteiger partial charge >= 0.3 is 0 Å². The van der Waals surface area contributed by atoms with Gasteiger partial charge < -0.3 is 5.32 Å². The van der Waals surface area contributed by atoms with E-state index in [0.29, 0.717) is 5.41 Å². The Labute approximate surface area is 70.6 Å². The quantitative estimate of drug-likeness (QED) is 0.657. The fourth-order valence-electron chi connectivity index (χ4n) is 1.88. The van der Waals surface area contributed by atoms with E-state index in [4.69, 9.17) is 0 Å². The fraction of sp³-hybridized carbons (Fsp3) is 1.00. The molecular weight excluding hydrogens is 134 g/mol. The van der Waals surface area contributed by atoms with E-state index in [1.54, 1.807) is 0 Å². The molecule has 2 unspecified atom stereocenters. The smallest absolute Gasteiger partial charge is 0.00722 e. The zero-order valence-electron chi connectivity index (χ0n) is 8.28. The van der Waals surface area contributed by atoms with Gasteiger partial charge in [-0.15, -0.1) is 0 Å². The van der Waals surface area contributed by atoms with Gasteiger partial charge in [0.15, 0.2) is 0 Å². The van der Waals surface area contributed by atoms with E-state index in [2.05, 4.69) is 33.0 Å². The summed E-state index contributed by atoms with van der Waals surface area (Å²) in [5.41, 5.74) is 0.625. The van der Waals surface area contributed by atoms with Crippen molar-refractivity contribution >= 4 is 0 Å². The Kier molecular flexibility index (Phi) is 2.58. The molecule has 0 spiro atoms. The minimum atomic E-state index is 0.625. The predicted octanol–water partition coefficient (Wildman–Crippen LogP) is 2.42. The average molecular weight is 155 g/mol. The average Bonchev–Trinajstić information content (AvgIpc) is 2.55. The zero-order chi connectivity index (χ0) is 8.48. The molecular formula is C10H21N. The molecule has 11 heavy (non-hydrogen) atoms. The molecule has 1 N–H and O–H groups in total. The fourth-order valence-corrected chi connectivity index (χ4v) is 1.88. The summed E-state index contributed by atoms with van der Waals surface area (Å²) in [6.07, 6.45) is 2.66. The largest absolute Gasteiger partial charge is 0.314 e. The van der Waals surface area contributed by atoms with Crippen LogP contribution in [0.4, 0.5) is 0 Å². The molecule has 1 rings (SSSR count). The molecule has 1 aliphatic carbocycles. The van der Waals surface area contributed by atoms with Crippen LogP contribution in [-0.4, -0.2) is 12.6 Å². The molecule has 1 fully saturated rings. The maximum atomic E-state index is 3.55. The lowest BCUT2D eigenvalue weighted by atomic mass is 10.1. The maximum absolute atomic E-state index is 3.55. The van der Waals surface area contributed by atoms with Crippen molar-refractivity contribution in [2.24, 2.45) is 11.3 Å². The van der Waals surface area contributed by atoms with Crippen molar-refractivity contribution in [3.05, 3.63) is 0 Å². The molecule has 0 amide bonds. The summed E-state index contributed by atoms with van der Waals surface area (Å²) in [5.74, 6) is 0.925. The first-order valence-corrected chi connectivity index (χ1v) is 4.81. The highest BCUT2D eigenvalue weighted by Gasteiger charge is 2.48. The van der Waals surface area contributed by atoms with Gasteiger partial charge in [0, 0.05) is 6.04 Å². The van der Waals surface area contributed by atoms with Gasteiger partial charge in [-0.1, -0.05) is 20.8 Å². The topological polar surface area (TPSA) is 12.0 Å². The van der Waals surface area contributed by atoms with Crippen LogP contribution in [0.1, 0.15) is 40.5 Å². The molecule has 2 atom stereocenters. The Balaban J connectivity index is 2.17. The molecule has 0 saturated heterocycles. The maximum Gasteiger partial charge on any atom is 0.00722 e. The number of nitrogens with one attached hydrogen (secondary N) is 1. The number of hydrogen-bond donors (Lipinski definition) is 1. The Morgan fingerprint density at radius 2 is 2.09 bits per heavy atom. The van der Waals surface area contributed by atoms with Gasteiger partial charge in [-0.3, -0.25) is 0 Å². The number of rotatable bonds is 4. The van der Waals surface area contributed by atoms with E-state index in [-0.39, 0.29) is 0 Å². The second kappa shape index (κ2) is 3.14. The summed E-state index contributed by atoms with van der Waals surface area (Å²) in [6.45, 7) is 10.4.